The third kappa shape index (κ3) is 3.84. The minimum atomic E-state index is -3.50. The van der Waals surface area contributed by atoms with Gasteiger partial charge in [-0.25, -0.2) is 13.1 Å². The van der Waals surface area contributed by atoms with Crippen molar-refractivity contribution in [1.29, 1.82) is 5.26 Å². The highest BCUT2D eigenvalue weighted by molar-refractivity contribution is 7.89. The molecule has 0 aliphatic rings. The molecular weight excluding hydrogens is 236 g/mol. The summed E-state index contributed by atoms with van der Waals surface area (Å²) in [5, 5.41) is 8.72. The van der Waals surface area contributed by atoms with Crippen LogP contribution in [-0.4, -0.2) is 15.0 Å². The van der Waals surface area contributed by atoms with Gasteiger partial charge in [0.2, 0.25) is 10.0 Å². The molecule has 5 heteroatoms. The maximum absolute atomic E-state index is 11.9. The summed E-state index contributed by atoms with van der Waals surface area (Å²) in [7, 11) is -3.50. The predicted octanol–water partition coefficient (Wildman–Crippen LogP) is 1.88. The van der Waals surface area contributed by atoms with E-state index in [2.05, 4.69) is 4.72 Å². The number of benzene rings is 1. The van der Waals surface area contributed by atoms with E-state index >= 15 is 0 Å². The normalized spacial score (nSPS) is 13.0. The van der Waals surface area contributed by atoms with E-state index in [-0.39, 0.29) is 4.90 Å². The highest BCUT2D eigenvalue weighted by Gasteiger charge is 2.14. The fourth-order valence-corrected chi connectivity index (χ4v) is 2.42. The van der Waals surface area contributed by atoms with Crippen molar-refractivity contribution in [2.45, 2.75) is 25.2 Å². The molecular formula is C12H16N2O2S. The van der Waals surface area contributed by atoms with Crippen LogP contribution in [0.15, 0.2) is 29.2 Å². The number of nitrogens with zero attached hydrogens (tertiary/aromatic N) is 1. The van der Waals surface area contributed by atoms with Gasteiger partial charge in [-0.2, -0.15) is 5.26 Å². The standard InChI is InChI=1S/C12H16N2O2S/c1-3-10(2)9-14-17(15,16)12-6-4-5-11(7-12)8-13/h4-7,10,14H,3,9H2,1-2H3. The highest BCUT2D eigenvalue weighted by atomic mass is 32.2. The zero-order valence-electron chi connectivity index (χ0n) is 9.97. The lowest BCUT2D eigenvalue weighted by molar-refractivity contribution is 0.528. The number of sulfonamides is 1. The van der Waals surface area contributed by atoms with E-state index in [9.17, 15) is 8.42 Å². The van der Waals surface area contributed by atoms with E-state index < -0.39 is 10.0 Å². The third-order valence-corrected chi connectivity index (χ3v) is 4.01. The molecule has 1 unspecified atom stereocenters. The molecule has 1 aromatic carbocycles. The monoisotopic (exact) mass is 252 g/mol. The van der Waals surface area contributed by atoms with Gasteiger partial charge < -0.3 is 0 Å². The molecule has 0 heterocycles. The molecule has 0 radical (unpaired) electrons. The first-order chi connectivity index (χ1) is 7.99. The number of hydrogen-bond acceptors (Lipinski definition) is 3. The number of hydrogen-bond donors (Lipinski definition) is 1. The zero-order valence-corrected chi connectivity index (χ0v) is 10.8. The van der Waals surface area contributed by atoms with E-state index in [0.717, 1.165) is 6.42 Å². The molecule has 0 aromatic heterocycles. The first kappa shape index (κ1) is 13.7. The lowest BCUT2D eigenvalue weighted by Crippen LogP contribution is -2.28. The summed E-state index contributed by atoms with van der Waals surface area (Å²) in [5.41, 5.74) is 0.344. The van der Waals surface area contributed by atoms with Crippen molar-refractivity contribution >= 4 is 10.0 Å². The minimum absolute atomic E-state index is 0.139. The second kappa shape index (κ2) is 5.80. The first-order valence-electron chi connectivity index (χ1n) is 5.49. The Hall–Kier alpha value is -1.38. The number of rotatable bonds is 5. The molecule has 0 fully saturated rings. The fraction of sp³-hybridized carbons (Fsp3) is 0.417. The van der Waals surface area contributed by atoms with Crippen molar-refractivity contribution < 1.29 is 8.42 Å². The fourth-order valence-electron chi connectivity index (χ4n) is 1.21. The van der Waals surface area contributed by atoms with Crippen LogP contribution < -0.4 is 4.72 Å². The van der Waals surface area contributed by atoms with Gasteiger partial charge in [-0.15, -0.1) is 0 Å². The SMILES string of the molecule is CCC(C)CNS(=O)(=O)c1cccc(C#N)c1. The topological polar surface area (TPSA) is 70.0 Å². The lowest BCUT2D eigenvalue weighted by atomic mass is 10.1. The molecule has 0 bridgehead atoms. The highest BCUT2D eigenvalue weighted by Crippen LogP contribution is 2.11. The van der Waals surface area contributed by atoms with Gasteiger partial charge in [0, 0.05) is 6.54 Å². The first-order valence-corrected chi connectivity index (χ1v) is 6.97. The zero-order chi connectivity index (χ0) is 12.9. The summed E-state index contributed by atoms with van der Waals surface area (Å²) < 4.78 is 26.3. The van der Waals surface area contributed by atoms with Crippen molar-refractivity contribution in [3.05, 3.63) is 29.8 Å². The largest absolute Gasteiger partial charge is 0.240 e. The molecule has 1 N–H and O–H groups in total. The summed E-state index contributed by atoms with van der Waals surface area (Å²) in [4.78, 5) is 0.139. The van der Waals surface area contributed by atoms with Crippen LogP contribution in [0.3, 0.4) is 0 Å². The Kier molecular flexibility index (Phi) is 4.67. The number of nitrogens with one attached hydrogen (secondary N) is 1. The van der Waals surface area contributed by atoms with E-state index in [0.29, 0.717) is 18.0 Å². The maximum Gasteiger partial charge on any atom is 0.240 e. The predicted molar refractivity (Wildman–Crippen MR) is 65.8 cm³/mol. The molecule has 1 aromatic rings. The van der Waals surface area contributed by atoms with Crippen molar-refractivity contribution in [1.82, 2.24) is 4.72 Å². The van der Waals surface area contributed by atoms with Crippen LogP contribution in [0.4, 0.5) is 0 Å². The lowest BCUT2D eigenvalue weighted by Gasteiger charge is -2.10. The Bertz CT molecular complexity index is 518. The second-order valence-electron chi connectivity index (χ2n) is 4.00. The van der Waals surface area contributed by atoms with Crippen molar-refractivity contribution in [2.24, 2.45) is 5.92 Å². The van der Waals surface area contributed by atoms with Gasteiger partial charge >= 0.3 is 0 Å². The van der Waals surface area contributed by atoms with Crippen molar-refractivity contribution in [3.63, 3.8) is 0 Å². The van der Waals surface area contributed by atoms with Gasteiger partial charge in [0.1, 0.15) is 0 Å². The Balaban J connectivity index is 2.86. The summed E-state index contributed by atoms with van der Waals surface area (Å²) >= 11 is 0. The molecule has 17 heavy (non-hydrogen) atoms. The van der Waals surface area contributed by atoms with Crippen molar-refractivity contribution in [2.75, 3.05) is 6.54 Å². The van der Waals surface area contributed by atoms with E-state index in [1.807, 2.05) is 19.9 Å². The summed E-state index contributed by atoms with van der Waals surface area (Å²) in [6.45, 7) is 4.40. The Morgan fingerprint density at radius 3 is 2.76 bits per heavy atom. The van der Waals surface area contributed by atoms with Gasteiger partial charge in [-0.1, -0.05) is 26.3 Å². The van der Waals surface area contributed by atoms with E-state index in [1.165, 1.54) is 12.1 Å². The molecule has 1 rings (SSSR count). The smallest absolute Gasteiger partial charge is 0.211 e. The van der Waals surface area contributed by atoms with Crippen LogP contribution in [0.5, 0.6) is 0 Å². The molecule has 4 nitrogen and oxygen atoms in total. The third-order valence-electron chi connectivity index (χ3n) is 2.59. The average molecular weight is 252 g/mol. The molecule has 0 saturated carbocycles. The van der Waals surface area contributed by atoms with Crippen LogP contribution in [0.1, 0.15) is 25.8 Å². The van der Waals surface area contributed by atoms with E-state index in [1.54, 1.807) is 12.1 Å². The maximum atomic E-state index is 11.9. The van der Waals surface area contributed by atoms with Crippen LogP contribution >= 0.6 is 0 Å². The molecule has 0 spiro atoms. The quantitative estimate of drug-likeness (QED) is 0.869. The van der Waals surface area contributed by atoms with Crippen LogP contribution in [0, 0.1) is 17.2 Å². The van der Waals surface area contributed by atoms with E-state index in [4.69, 9.17) is 5.26 Å². The Morgan fingerprint density at radius 2 is 2.18 bits per heavy atom. The average Bonchev–Trinajstić information content (AvgIpc) is 2.36. The molecule has 92 valence electrons. The Labute approximate surface area is 102 Å². The molecule has 0 amide bonds. The van der Waals surface area contributed by atoms with Crippen LogP contribution in [0.25, 0.3) is 0 Å². The summed E-state index contributed by atoms with van der Waals surface area (Å²) in [6, 6.07) is 7.93. The summed E-state index contributed by atoms with van der Waals surface area (Å²) in [5.74, 6) is 0.295. The van der Waals surface area contributed by atoms with Gasteiger partial charge in [-0.05, 0) is 24.1 Å². The molecule has 0 saturated heterocycles. The van der Waals surface area contributed by atoms with Crippen LogP contribution in [-0.2, 0) is 10.0 Å². The van der Waals surface area contributed by atoms with Gasteiger partial charge in [0.05, 0.1) is 16.5 Å². The molecule has 0 aliphatic heterocycles. The van der Waals surface area contributed by atoms with Crippen LogP contribution in [0.2, 0.25) is 0 Å². The second-order valence-corrected chi connectivity index (χ2v) is 5.77. The van der Waals surface area contributed by atoms with Crippen molar-refractivity contribution in [3.8, 4) is 6.07 Å². The minimum Gasteiger partial charge on any atom is -0.211 e. The van der Waals surface area contributed by atoms with Gasteiger partial charge in [0.15, 0.2) is 0 Å². The van der Waals surface area contributed by atoms with Gasteiger partial charge in [0.25, 0.3) is 0 Å². The van der Waals surface area contributed by atoms with Gasteiger partial charge in [-0.3, -0.25) is 0 Å². The molecule has 1 atom stereocenters. The Morgan fingerprint density at radius 1 is 1.47 bits per heavy atom. The molecule has 0 aliphatic carbocycles. The summed E-state index contributed by atoms with van der Waals surface area (Å²) in [6.07, 6.45) is 0.917. The number of nitriles is 1.